The summed E-state index contributed by atoms with van der Waals surface area (Å²) in [5.74, 6) is -1.95. The minimum Gasteiger partial charge on any atom is -0.502 e. The molecule has 0 saturated heterocycles. The van der Waals surface area contributed by atoms with E-state index in [0.717, 1.165) is 6.07 Å². The number of aromatic hydroxyl groups is 1. The van der Waals surface area contributed by atoms with Crippen molar-refractivity contribution in [1.82, 2.24) is 0 Å². The van der Waals surface area contributed by atoms with Crippen LogP contribution in [0.5, 0.6) is 11.5 Å². The summed E-state index contributed by atoms with van der Waals surface area (Å²) in [6.07, 6.45) is -0.240. The van der Waals surface area contributed by atoms with Crippen LogP contribution in [-0.2, 0) is 27.5 Å². The van der Waals surface area contributed by atoms with Gasteiger partial charge in [-0.2, -0.15) is 0 Å². The van der Waals surface area contributed by atoms with E-state index in [4.69, 9.17) is 30.2 Å². The second-order valence-corrected chi connectivity index (χ2v) is 6.54. The lowest BCUT2D eigenvalue weighted by atomic mass is 9.89. The number of hydrogen-bond acceptors (Lipinski definition) is 8. The average Bonchev–Trinajstić information content (AvgIpc) is 2.68. The van der Waals surface area contributed by atoms with Crippen molar-refractivity contribution in [3.05, 3.63) is 56.1 Å². The molecule has 0 aliphatic carbocycles. The largest absolute Gasteiger partial charge is 0.502 e. The molecule has 3 rings (SSSR count). The van der Waals surface area contributed by atoms with Crippen molar-refractivity contribution < 1.29 is 33.6 Å². The molecule has 0 radical (unpaired) electrons. The van der Waals surface area contributed by atoms with Crippen LogP contribution in [0, 0.1) is 0 Å². The molecule has 0 fully saturated rings. The lowest BCUT2D eigenvalue weighted by Crippen LogP contribution is -2.18. The molecule has 1 aromatic heterocycles. The number of ether oxygens (including phenoxy) is 3. The number of esters is 1. The Hall–Kier alpha value is -2.55. The Kier molecular flexibility index (Phi) is 6.23. The number of benzene rings is 1. The first-order chi connectivity index (χ1) is 13.4. The smallest absolute Gasteiger partial charge is 0.306 e. The van der Waals surface area contributed by atoms with Gasteiger partial charge in [0, 0.05) is 22.2 Å². The summed E-state index contributed by atoms with van der Waals surface area (Å²) in [4.78, 5) is 24.3. The van der Waals surface area contributed by atoms with Crippen LogP contribution < -0.4 is 10.2 Å². The van der Waals surface area contributed by atoms with Crippen LogP contribution in [0.1, 0.15) is 41.9 Å². The minimum atomic E-state index is -0.927. The lowest BCUT2D eigenvalue weighted by Gasteiger charge is -2.25. The first kappa shape index (κ1) is 20.2. The third-order valence-electron chi connectivity index (χ3n) is 4.23. The number of carbonyl (C=O) groups excluding carboxylic acids is 1. The Balaban J connectivity index is 2.20. The summed E-state index contributed by atoms with van der Waals surface area (Å²) in [6, 6.07) is 4.22. The Bertz CT molecular complexity index is 936. The van der Waals surface area contributed by atoms with Crippen LogP contribution >= 0.6 is 11.6 Å². The topological polar surface area (TPSA) is 115 Å². The van der Waals surface area contributed by atoms with Crippen LogP contribution in [0.25, 0.3) is 0 Å². The molecule has 2 aromatic rings. The normalized spacial score (nSPS) is 14.1. The zero-order chi connectivity index (χ0) is 20.3. The maximum atomic E-state index is 12.2. The summed E-state index contributed by atoms with van der Waals surface area (Å²) >= 11 is 6.22. The molecule has 1 aliphatic heterocycles. The van der Waals surface area contributed by atoms with E-state index in [0.29, 0.717) is 21.9 Å². The van der Waals surface area contributed by atoms with Crippen molar-refractivity contribution in [3.8, 4) is 11.5 Å². The van der Waals surface area contributed by atoms with Crippen LogP contribution in [0.4, 0.5) is 0 Å². The third-order valence-corrected chi connectivity index (χ3v) is 4.45. The highest BCUT2D eigenvalue weighted by Gasteiger charge is 2.31. The fraction of sp³-hybridized carbons (Fsp3) is 0.368. The number of aliphatic hydroxyl groups is 1. The van der Waals surface area contributed by atoms with Gasteiger partial charge in [0.2, 0.25) is 11.2 Å². The highest BCUT2D eigenvalue weighted by atomic mass is 35.5. The zero-order valence-corrected chi connectivity index (χ0v) is 15.8. The highest BCUT2D eigenvalue weighted by molar-refractivity contribution is 6.30. The zero-order valence-electron chi connectivity index (χ0n) is 15.1. The quantitative estimate of drug-likeness (QED) is 0.698. The first-order valence-corrected chi connectivity index (χ1v) is 8.97. The van der Waals surface area contributed by atoms with E-state index < -0.39 is 29.7 Å². The van der Waals surface area contributed by atoms with E-state index in [9.17, 15) is 19.8 Å². The molecular formula is C19H19ClO8. The molecule has 0 bridgehead atoms. The molecule has 9 heteroatoms. The van der Waals surface area contributed by atoms with Gasteiger partial charge in [-0.3, -0.25) is 9.59 Å². The maximum Gasteiger partial charge on any atom is 0.306 e. The van der Waals surface area contributed by atoms with E-state index in [1.165, 1.54) is 0 Å². The van der Waals surface area contributed by atoms with Crippen LogP contribution in [0.2, 0.25) is 5.02 Å². The summed E-state index contributed by atoms with van der Waals surface area (Å²) in [6.45, 7) is 1.53. The van der Waals surface area contributed by atoms with E-state index >= 15 is 0 Å². The Morgan fingerprint density at radius 2 is 2.14 bits per heavy atom. The number of carbonyl (C=O) groups is 1. The molecule has 2 heterocycles. The molecule has 150 valence electrons. The Morgan fingerprint density at radius 3 is 2.86 bits per heavy atom. The number of halogens is 1. The van der Waals surface area contributed by atoms with Gasteiger partial charge in [0.25, 0.3) is 0 Å². The van der Waals surface area contributed by atoms with Gasteiger partial charge in [0.1, 0.15) is 18.1 Å². The molecular weight excluding hydrogens is 392 g/mol. The standard InChI is InChI=1S/C19H19ClO8/c1-2-26-16(23)6-14(19-17(24)15(22)5-12(7-21)28-19)13-4-11(20)3-10-8-25-9-27-18(10)13/h3-5,14,21,24H,2,6-9H2,1H3. The molecule has 2 N–H and O–H groups in total. The molecule has 1 aliphatic rings. The fourth-order valence-corrected chi connectivity index (χ4v) is 3.32. The summed E-state index contributed by atoms with van der Waals surface area (Å²) in [7, 11) is 0. The van der Waals surface area contributed by atoms with E-state index in [2.05, 4.69) is 0 Å². The Morgan fingerprint density at radius 1 is 1.36 bits per heavy atom. The van der Waals surface area contributed by atoms with Crippen molar-refractivity contribution in [1.29, 1.82) is 0 Å². The molecule has 0 amide bonds. The van der Waals surface area contributed by atoms with Gasteiger partial charge in [0.15, 0.2) is 12.6 Å². The fourth-order valence-electron chi connectivity index (χ4n) is 3.07. The molecule has 28 heavy (non-hydrogen) atoms. The van der Waals surface area contributed by atoms with E-state index in [1.54, 1.807) is 19.1 Å². The van der Waals surface area contributed by atoms with Crippen LogP contribution in [0.15, 0.2) is 27.4 Å². The molecule has 1 atom stereocenters. The number of rotatable bonds is 6. The number of aliphatic hydroxyl groups excluding tert-OH is 1. The van der Waals surface area contributed by atoms with Gasteiger partial charge in [0.05, 0.1) is 25.6 Å². The van der Waals surface area contributed by atoms with E-state index in [1.807, 2.05) is 0 Å². The highest BCUT2D eigenvalue weighted by Crippen LogP contribution is 2.42. The molecule has 0 spiro atoms. The van der Waals surface area contributed by atoms with Crippen molar-refractivity contribution in [2.45, 2.75) is 32.5 Å². The van der Waals surface area contributed by atoms with Crippen molar-refractivity contribution in [3.63, 3.8) is 0 Å². The van der Waals surface area contributed by atoms with Gasteiger partial charge in [-0.15, -0.1) is 0 Å². The minimum absolute atomic E-state index is 0.000366. The maximum absolute atomic E-state index is 12.2. The van der Waals surface area contributed by atoms with Gasteiger partial charge in [-0.1, -0.05) is 11.6 Å². The monoisotopic (exact) mass is 410 g/mol. The Labute approximate surface area is 165 Å². The summed E-state index contributed by atoms with van der Waals surface area (Å²) < 4.78 is 21.4. The number of hydrogen-bond donors (Lipinski definition) is 2. The average molecular weight is 411 g/mol. The van der Waals surface area contributed by atoms with Crippen LogP contribution in [0.3, 0.4) is 0 Å². The van der Waals surface area contributed by atoms with Gasteiger partial charge < -0.3 is 28.8 Å². The van der Waals surface area contributed by atoms with Crippen molar-refractivity contribution >= 4 is 17.6 Å². The predicted octanol–water partition coefficient (Wildman–Crippen LogP) is 2.44. The molecule has 1 aromatic carbocycles. The van der Waals surface area contributed by atoms with Crippen molar-refractivity contribution in [2.75, 3.05) is 13.4 Å². The van der Waals surface area contributed by atoms with Gasteiger partial charge in [-0.25, -0.2) is 0 Å². The number of fused-ring (bicyclic) bond motifs is 1. The van der Waals surface area contributed by atoms with Gasteiger partial charge >= 0.3 is 5.97 Å². The summed E-state index contributed by atoms with van der Waals surface area (Å²) in [5.41, 5.74) is 0.356. The van der Waals surface area contributed by atoms with Gasteiger partial charge in [-0.05, 0) is 19.1 Å². The predicted molar refractivity (Wildman–Crippen MR) is 97.4 cm³/mol. The molecule has 0 saturated carbocycles. The van der Waals surface area contributed by atoms with E-state index in [-0.39, 0.29) is 37.9 Å². The molecule has 8 nitrogen and oxygen atoms in total. The second kappa shape index (κ2) is 8.64. The SMILES string of the molecule is CCOC(=O)CC(c1cc(Cl)cc2c1OCOC2)c1oc(CO)cc(=O)c1O. The summed E-state index contributed by atoms with van der Waals surface area (Å²) in [5, 5.41) is 20.0. The van der Waals surface area contributed by atoms with Crippen LogP contribution in [-0.4, -0.2) is 29.6 Å². The lowest BCUT2D eigenvalue weighted by molar-refractivity contribution is -0.143. The first-order valence-electron chi connectivity index (χ1n) is 8.59. The van der Waals surface area contributed by atoms with Crippen molar-refractivity contribution in [2.24, 2.45) is 0 Å². The second-order valence-electron chi connectivity index (χ2n) is 6.10. The third kappa shape index (κ3) is 4.14. The molecule has 1 unspecified atom stereocenters.